The molecule has 0 aliphatic carbocycles. The molecule has 0 fully saturated rings. The molecule has 0 spiro atoms. The van der Waals surface area contributed by atoms with Crippen LogP contribution in [0.2, 0.25) is 0 Å². The van der Waals surface area contributed by atoms with Crippen LogP contribution in [0.4, 0.5) is 5.82 Å². The van der Waals surface area contributed by atoms with Crippen LogP contribution in [0.15, 0.2) is 42.6 Å². The van der Waals surface area contributed by atoms with Gasteiger partial charge in [0.1, 0.15) is 11.9 Å². The maximum Gasteiger partial charge on any atom is 0.255 e. The minimum Gasteiger partial charge on any atom is -0.384 e. The van der Waals surface area contributed by atoms with Gasteiger partial charge in [0.2, 0.25) is 5.91 Å². The number of carbonyl (C=O) groups excluding carboxylic acids is 2. The summed E-state index contributed by atoms with van der Waals surface area (Å²) < 4.78 is 0. The first kappa shape index (κ1) is 17.9. The van der Waals surface area contributed by atoms with E-state index in [2.05, 4.69) is 10.3 Å². The Labute approximate surface area is 153 Å². The van der Waals surface area contributed by atoms with Gasteiger partial charge in [-0.05, 0) is 44.0 Å². The topological polar surface area (TPSA) is 88.3 Å². The average molecular weight is 352 g/mol. The van der Waals surface area contributed by atoms with Crippen molar-refractivity contribution in [2.24, 2.45) is 0 Å². The second-order valence-electron chi connectivity index (χ2n) is 7.63. The average Bonchev–Trinajstić information content (AvgIpc) is 2.58. The highest BCUT2D eigenvalue weighted by atomic mass is 16.2. The van der Waals surface area contributed by atoms with E-state index in [-0.39, 0.29) is 23.2 Å². The molecule has 6 nitrogen and oxygen atoms in total. The molecule has 1 aromatic carbocycles. The summed E-state index contributed by atoms with van der Waals surface area (Å²) in [5.41, 5.74) is 7.94. The number of nitrogen functional groups attached to an aromatic ring is 1. The summed E-state index contributed by atoms with van der Waals surface area (Å²) in [4.78, 5) is 31.6. The second kappa shape index (κ2) is 6.78. The summed E-state index contributed by atoms with van der Waals surface area (Å²) >= 11 is 0. The van der Waals surface area contributed by atoms with E-state index >= 15 is 0 Å². The van der Waals surface area contributed by atoms with Gasteiger partial charge < -0.3 is 16.0 Å². The molecule has 2 amide bonds. The predicted octanol–water partition coefficient (Wildman–Crippen LogP) is 2.15. The van der Waals surface area contributed by atoms with E-state index in [9.17, 15) is 9.59 Å². The van der Waals surface area contributed by atoms with Gasteiger partial charge in [-0.15, -0.1) is 0 Å². The Morgan fingerprint density at radius 3 is 2.54 bits per heavy atom. The molecule has 1 aromatic heterocycles. The minimum atomic E-state index is -0.564. The van der Waals surface area contributed by atoms with E-state index < -0.39 is 6.04 Å². The largest absolute Gasteiger partial charge is 0.384 e. The third-order valence-electron chi connectivity index (χ3n) is 4.34. The van der Waals surface area contributed by atoms with Gasteiger partial charge in [-0.3, -0.25) is 9.59 Å². The molecule has 2 heterocycles. The highest BCUT2D eigenvalue weighted by Crippen LogP contribution is 2.26. The highest BCUT2D eigenvalue weighted by molar-refractivity contribution is 5.98. The molecule has 0 saturated heterocycles. The summed E-state index contributed by atoms with van der Waals surface area (Å²) in [6.07, 6.45) is 2.00. The highest BCUT2D eigenvalue weighted by Gasteiger charge is 2.36. The normalized spacial score (nSPS) is 16.7. The van der Waals surface area contributed by atoms with Crippen LogP contribution in [0.25, 0.3) is 0 Å². The van der Waals surface area contributed by atoms with Gasteiger partial charge in [-0.25, -0.2) is 4.98 Å². The Hall–Kier alpha value is -2.89. The Balaban J connectivity index is 1.96. The molecule has 1 unspecified atom stereocenters. The van der Waals surface area contributed by atoms with Crippen LogP contribution in [0.5, 0.6) is 0 Å². The zero-order valence-electron chi connectivity index (χ0n) is 15.3. The van der Waals surface area contributed by atoms with Gasteiger partial charge in [0.25, 0.3) is 5.91 Å². The molecule has 0 bridgehead atoms. The number of rotatable bonds is 2. The Morgan fingerprint density at radius 1 is 1.19 bits per heavy atom. The first-order valence-electron chi connectivity index (χ1n) is 8.66. The van der Waals surface area contributed by atoms with Crippen LogP contribution in [-0.2, 0) is 17.8 Å². The second-order valence-corrected chi connectivity index (χ2v) is 7.63. The monoisotopic (exact) mass is 352 g/mol. The lowest BCUT2D eigenvalue weighted by Crippen LogP contribution is -2.56. The van der Waals surface area contributed by atoms with Crippen molar-refractivity contribution in [1.29, 1.82) is 0 Å². The molecular weight excluding hydrogens is 328 g/mol. The molecule has 26 heavy (non-hydrogen) atoms. The van der Waals surface area contributed by atoms with Crippen LogP contribution < -0.4 is 11.1 Å². The number of carbonyl (C=O) groups is 2. The number of nitrogens with two attached hydrogens (primary N) is 1. The van der Waals surface area contributed by atoms with E-state index in [1.54, 1.807) is 17.0 Å². The summed E-state index contributed by atoms with van der Waals surface area (Å²) in [5.74, 6) is -0.0889. The Kier molecular flexibility index (Phi) is 4.68. The molecule has 1 aliphatic heterocycles. The minimum absolute atomic E-state index is 0.151. The van der Waals surface area contributed by atoms with Crippen LogP contribution in [-0.4, -0.2) is 33.3 Å². The summed E-state index contributed by atoms with van der Waals surface area (Å²) in [6, 6.07) is 10.5. The van der Waals surface area contributed by atoms with Crippen molar-refractivity contribution < 1.29 is 9.59 Å². The SMILES string of the molecule is CC(C)(C)NC(=O)C1Cc2ccccc2CN1C(=O)c1ccnc(N)c1. The number of amides is 2. The summed E-state index contributed by atoms with van der Waals surface area (Å²) in [7, 11) is 0. The Bertz CT molecular complexity index is 842. The van der Waals surface area contributed by atoms with Crippen LogP contribution in [0.1, 0.15) is 42.3 Å². The van der Waals surface area contributed by atoms with Gasteiger partial charge in [0.05, 0.1) is 0 Å². The van der Waals surface area contributed by atoms with Gasteiger partial charge in [-0.2, -0.15) is 0 Å². The molecule has 3 rings (SSSR count). The fraction of sp³-hybridized carbons (Fsp3) is 0.350. The molecular formula is C20H24N4O2. The molecule has 1 atom stereocenters. The number of aromatic nitrogens is 1. The Morgan fingerprint density at radius 2 is 1.88 bits per heavy atom. The number of nitrogens with zero attached hydrogens (tertiary/aromatic N) is 2. The van der Waals surface area contributed by atoms with E-state index in [1.807, 2.05) is 45.0 Å². The van der Waals surface area contributed by atoms with Crippen molar-refractivity contribution in [3.63, 3.8) is 0 Å². The van der Waals surface area contributed by atoms with Gasteiger partial charge in [-0.1, -0.05) is 24.3 Å². The van der Waals surface area contributed by atoms with Crippen molar-refractivity contribution in [3.05, 3.63) is 59.3 Å². The van der Waals surface area contributed by atoms with Crippen LogP contribution in [0, 0.1) is 0 Å². The maximum atomic E-state index is 13.1. The number of anilines is 1. The van der Waals surface area contributed by atoms with E-state index in [4.69, 9.17) is 5.73 Å². The van der Waals surface area contributed by atoms with Gasteiger partial charge >= 0.3 is 0 Å². The van der Waals surface area contributed by atoms with Crippen molar-refractivity contribution in [1.82, 2.24) is 15.2 Å². The van der Waals surface area contributed by atoms with Crippen molar-refractivity contribution in [3.8, 4) is 0 Å². The lowest BCUT2D eigenvalue weighted by atomic mass is 9.92. The standard InChI is InChI=1S/C20H24N4O2/c1-20(2,3)23-18(25)16-10-13-6-4-5-7-15(13)12-24(16)19(26)14-8-9-22-17(21)11-14/h4-9,11,16H,10,12H2,1-3H3,(H2,21,22)(H,23,25). The van der Waals surface area contributed by atoms with Gasteiger partial charge in [0, 0.05) is 30.3 Å². The molecule has 0 saturated carbocycles. The third-order valence-corrected chi connectivity index (χ3v) is 4.34. The molecule has 0 radical (unpaired) electrons. The fourth-order valence-corrected chi connectivity index (χ4v) is 3.17. The molecule has 1 aliphatic rings. The molecule has 6 heteroatoms. The molecule has 3 N–H and O–H groups in total. The van der Waals surface area contributed by atoms with E-state index in [0.29, 0.717) is 18.5 Å². The van der Waals surface area contributed by atoms with Crippen molar-refractivity contribution in [2.75, 3.05) is 5.73 Å². The predicted molar refractivity (Wildman–Crippen MR) is 100 cm³/mol. The number of benzene rings is 1. The number of fused-ring (bicyclic) bond motifs is 1. The van der Waals surface area contributed by atoms with Crippen molar-refractivity contribution in [2.45, 2.75) is 45.3 Å². The van der Waals surface area contributed by atoms with E-state index in [1.165, 1.54) is 6.20 Å². The van der Waals surface area contributed by atoms with Crippen LogP contribution in [0.3, 0.4) is 0 Å². The van der Waals surface area contributed by atoms with Gasteiger partial charge in [0.15, 0.2) is 0 Å². The zero-order chi connectivity index (χ0) is 18.9. The lowest BCUT2D eigenvalue weighted by molar-refractivity contribution is -0.127. The number of hydrogen-bond donors (Lipinski definition) is 2. The first-order chi connectivity index (χ1) is 12.2. The van der Waals surface area contributed by atoms with Crippen molar-refractivity contribution >= 4 is 17.6 Å². The maximum absolute atomic E-state index is 13.1. The number of pyridine rings is 1. The number of hydrogen-bond acceptors (Lipinski definition) is 4. The molecule has 2 aromatic rings. The lowest BCUT2D eigenvalue weighted by Gasteiger charge is -2.37. The third kappa shape index (κ3) is 3.85. The molecule has 136 valence electrons. The van der Waals surface area contributed by atoms with Crippen LogP contribution >= 0.6 is 0 Å². The number of nitrogens with one attached hydrogen (secondary N) is 1. The zero-order valence-corrected chi connectivity index (χ0v) is 15.3. The summed E-state index contributed by atoms with van der Waals surface area (Å²) in [5, 5.41) is 3.00. The summed E-state index contributed by atoms with van der Waals surface area (Å²) in [6.45, 7) is 6.17. The fourth-order valence-electron chi connectivity index (χ4n) is 3.17. The first-order valence-corrected chi connectivity index (χ1v) is 8.66. The van der Waals surface area contributed by atoms with E-state index in [0.717, 1.165) is 11.1 Å². The smallest absolute Gasteiger partial charge is 0.255 e. The quantitative estimate of drug-likeness (QED) is 0.867.